The number of nitrogens with zero attached hydrogens (tertiary/aromatic N) is 6. The van der Waals surface area contributed by atoms with Crippen LogP contribution in [0, 0.1) is 33.1 Å². The first kappa shape index (κ1) is 45.5. The lowest BCUT2D eigenvalue weighted by Gasteiger charge is -2.35. The van der Waals surface area contributed by atoms with E-state index in [4.69, 9.17) is 16.6 Å². The molecule has 6 aromatic rings. The number of benzene rings is 3. The number of nitrogens with one attached hydrogen (secondary N) is 2. The molecule has 0 radical (unpaired) electrons. The van der Waals surface area contributed by atoms with Gasteiger partial charge in [0.2, 0.25) is 11.8 Å². The summed E-state index contributed by atoms with van der Waals surface area (Å²) in [5, 5.41) is 36.0. The standard InChI is InChI=1S/C48H49ClN8O6S2/c1-24-26(3)65-47-39(24)40(52-36(20-38(59)60)43-55-54-27(4)57(43)47)30-14-12-29(13-15-30)32-16-17-34(35(49)18-32)44(61)53-42(48(5,6)7)46(63)56-22-33(58)19-37(56)45(62)50-21-28-8-10-31(11-9-28)41-25(2)51-23-64-41/h8-18,23,33,36-37,42,58H,19-22H2,1-7H3,(H,50,62)(H,53,61)(H,59,60)/t33-,36+,37+,42?/m1/s1. The third-order valence-corrected chi connectivity index (χ3v) is 14.5. The molecule has 2 aliphatic rings. The van der Waals surface area contributed by atoms with Crippen molar-refractivity contribution in [2.75, 3.05) is 6.54 Å². The summed E-state index contributed by atoms with van der Waals surface area (Å²) in [6.07, 6.45) is -1.09. The molecule has 65 heavy (non-hydrogen) atoms. The average Bonchev–Trinajstić information content (AvgIpc) is 4.03. The van der Waals surface area contributed by atoms with Crippen molar-refractivity contribution in [1.82, 2.24) is 35.3 Å². The van der Waals surface area contributed by atoms with E-state index in [1.165, 1.54) is 4.90 Å². The third kappa shape index (κ3) is 9.12. The number of aliphatic hydroxyl groups excluding tert-OH is 1. The number of carbonyl (C=O) groups is 4. The van der Waals surface area contributed by atoms with Crippen LogP contribution >= 0.6 is 34.3 Å². The molecule has 3 aromatic heterocycles. The fourth-order valence-electron chi connectivity index (χ4n) is 8.38. The first-order valence-electron chi connectivity index (χ1n) is 21.2. The number of aryl methyl sites for hydroxylation is 3. The fourth-order valence-corrected chi connectivity index (χ4v) is 10.7. The Morgan fingerprint density at radius 1 is 0.923 bits per heavy atom. The average molecular weight is 934 g/mol. The predicted octanol–water partition coefficient (Wildman–Crippen LogP) is 7.80. The van der Waals surface area contributed by atoms with Crippen molar-refractivity contribution in [2.24, 2.45) is 10.4 Å². The van der Waals surface area contributed by atoms with Crippen molar-refractivity contribution < 1.29 is 29.4 Å². The number of β-amino-alcohol motifs (C(OH)–C–C–N with tert-alkyl or cyclic N) is 1. The van der Waals surface area contributed by atoms with E-state index in [-0.39, 0.29) is 36.5 Å². The normalized spacial score (nSPS) is 17.5. The molecule has 1 fully saturated rings. The SMILES string of the molecule is Cc1ncsc1-c1ccc(CNC(=O)[C@@H]2C[C@@H](O)CN2C(=O)C(NC(=O)c2ccc(-c3ccc(C4=N[C@@H](CC(=O)O)c5nnc(C)n5-c5sc(C)c(C)c54)cc3)cc2Cl)C(C)(C)C)cc1. The van der Waals surface area contributed by atoms with E-state index < -0.39 is 53.3 Å². The molecule has 4 atom stereocenters. The third-order valence-electron chi connectivity index (χ3n) is 12.0. The van der Waals surface area contributed by atoms with Gasteiger partial charge in [-0.05, 0) is 73.1 Å². The monoisotopic (exact) mass is 932 g/mol. The van der Waals surface area contributed by atoms with E-state index in [0.717, 1.165) is 59.4 Å². The lowest BCUT2D eigenvalue weighted by Crippen LogP contribution is -2.57. The Hall–Kier alpha value is -6.07. The molecule has 336 valence electrons. The number of likely N-dealkylation sites (tertiary alicyclic amines) is 1. The Balaban J connectivity index is 0.973. The van der Waals surface area contributed by atoms with Crippen molar-refractivity contribution in [3.63, 3.8) is 0 Å². The molecule has 14 nitrogen and oxygen atoms in total. The van der Waals surface area contributed by atoms with Gasteiger partial charge in [0.1, 0.15) is 29.0 Å². The zero-order chi connectivity index (χ0) is 46.5. The highest BCUT2D eigenvalue weighted by Crippen LogP contribution is 2.40. The summed E-state index contributed by atoms with van der Waals surface area (Å²) < 4.78 is 1.92. The van der Waals surface area contributed by atoms with E-state index in [0.29, 0.717) is 17.4 Å². The lowest BCUT2D eigenvalue weighted by atomic mass is 9.85. The number of thiophene rings is 1. The number of hydrogen-bond acceptors (Lipinski definition) is 11. The number of halogens is 1. The minimum absolute atomic E-state index is 0.0529. The van der Waals surface area contributed by atoms with Gasteiger partial charge in [-0.2, -0.15) is 0 Å². The summed E-state index contributed by atoms with van der Waals surface area (Å²) in [7, 11) is 0. The number of thiazole rings is 1. The highest BCUT2D eigenvalue weighted by Gasteiger charge is 2.45. The van der Waals surface area contributed by atoms with Crippen LogP contribution in [0.2, 0.25) is 5.02 Å². The highest BCUT2D eigenvalue weighted by atomic mass is 35.5. The molecule has 5 heterocycles. The van der Waals surface area contributed by atoms with Crippen LogP contribution in [-0.4, -0.2) is 89.0 Å². The van der Waals surface area contributed by atoms with Crippen molar-refractivity contribution in [3.8, 4) is 26.6 Å². The summed E-state index contributed by atoms with van der Waals surface area (Å²) in [5.74, 6) is -1.30. The van der Waals surface area contributed by atoms with Crippen LogP contribution in [0.25, 0.3) is 26.6 Å². The van der Waals surface area contributed by atoms with Gasteiger partial charge in [0.15, 0.2) is 5.82 Å². The summed E-state index contributed by atoms with van der Waals surface area (Å²) in [5.41, 5.74) is 9.02. The van der Waals surface area contributed by atoms with E-state index in [9.17, 15) is 29.4 Å². The number of hydrogen-bond donors (Lipinski definition) is 4. The molecule has 0 saturated carbocycles. The summed E-state index contributed by atoms with van der Waals surface area (Å²) in [6.45, 7) is 13.5. The highest BCUT2D eigenvalue weighted by molar-refractivity contribution is 7.15. The molecule has 0 aliphatic carbocycles. The molecule has 1 unspecified atom stereocenters. The molecule has 1 saturated heterocycles. The number of aromatic nitrogens is 4. The Labute approximate surface area is 389 Å². The second-order valence-electron chi connectivity index (χ2n) is 17.6. The number of amides is 3. The van der Waals surface area contributed by atoms with Gasteiger partial charge in [-0.1, -0.05) is 87.0 Å². The van der Waals surface area contributed by atoms with Gasteiger partial charge in [-0.15, -0.1) is 32.9 Å². The van der Waals surface area contributed by atoms with Crippen molar-refractivity contribution >= 4 is 63.7 Å². The molecule has 3 aromatic carbocycles. The number of carboxylic acid groups (broad SMARTS) is 1. The lowest BCUT2D eigenvalue weighted by molar-refractivity contribution is -0.142. The summed E-state index contributed by atoms with van der Waals surface area (Å²) in [4.78, 5) is 66.7. The van der Waals surface area contributed by atoms with Crippen LogP contribution in [0.15, 0.2) is 77.2 Å². The molecular weight excluding hydrogens is 884 g/mol. The number of aliphatic carboxylic acids is 1. The van der Waals surface area contributed by atoms with Crippen molar-refractivity contribution in [1.29, 1.82) is 0 Å². The maximum atomic E-state index is 14.3. The summed E-state index contributed by atoms with van der Waals surface area (Å²) >= 11 is 9.97. The summed E-state index contributed by atoms with van der Waals surface area (Å²) in [6, 6.07) is 17.9. The van der Waals surface area contributed by atoms with Crippen LogP contribution in [0.3, 0.4) is 0 Å². The number of rotatable bonds is 11. The second kappa shape index (κ2) is 18.1. The number of carbonyl (C=O) groups excluding carboxylic acids is 3. The smallest absolute Gasteiger partial charge is 0.306 e. The minimum Gasteiger partial charge on any atom is -0.481 e. The molecule has 17 heteroatoms. The van der Waals surface area contributed by atoms with E-state index in [1.807, 2.05) is 107 Å². The first-order chi connectivity index (χ1) is 30.9. The number of aliphatic hydroxyl groups is 1. The number of fused-ring (bicyclic) bond motifs is 3. The molecule has 0 bridgehead atoms. The molecule has 4 N–H and O–H groups in total. The molecule has 2 aliphatic heterocycles. The van der Waals surface area contributed by atoms with E-state index >= 15 is 0 Å². The maximum Gasteiger partial charge on any atom is 0.306 e. The Bertz CT molecular complexity index is 2860. The van der Waals surface area contributed by atoms with Crippen molar-refractivity contribution in [3.05, 3.63) is 127 Å². The number of carboxylic acids is 1. The second-order valence-corrected chi connectivity index (χ2v) is 20.1. The van der Waals surface area contributed by atoms with Crippen LogP contribution in [0.1, 0.15) is 94.5 Å². The molecule has 0 spiro atoms. The predicted molar refractivity (Wildman–Crippen MR) is 252 cm³/mol. The van der Waals surface area contributed by atoms with Gasteiger partial charge in [0, 0.05) is 35.5 Å². The zero-order valence-corrected chi connectivity index (χ0v) is 39.4. The van der Waals surface area contributed by atoms with Crippen LogP contribution in [0.5, 0.6) is 0 Å². The zero-order valence-electron chi connectivity index (χ0n) is 37.0. The van der Waals surface area contributed by atoms with E-state index in [2.05, 4.69) is 25.8 Å². The fraction of sp³-hybridized carbons (Fsp3) is 0.333. The van der Waals surface area contributed by atoms with Gasteiger partial charge < -0.3 is 25.7 Å². The van der Waals surface area contributed by atoms with Gasteiger partial charge in [0.25, 0.3) is 5.91 Å². The Morgan fingerprint density at radius 2 is 1.60 bits per heavy atom. The van der Waals surface area contributed by atoms with Gasteiger partial charge >= 0.3 is 5.97 Å². The van der Waals surface area contributed by atoms with Crippen LogP contribution < -0.4 is 10.6 Å². The first-order valence-corrected chi connectivity index (χ1v) is 23.3. The largest absolute Gasteiger partial charge is 0.481 e. The molecular formula is C48H49ClN8O6S2. The van der Waals surface area contributed by atoms with Crippen LogP contribution in [-0.2, 0) is 20.9 Å². The Morgan fingerprint density at radius 3 is 2.25 bits per heavy atom. The number of aliphatic imine (C=N–C) groups is 1. The van der Waals surface area contributed by atoms with Crippen molar-refractivity contribution in [2.45, 2.75) is 92.1 Å². The quantitative estimate of drug-likeness (QED) is 0.100. The van der Waals surface area contributed by atoms with Gasteiger partial charge in [0.05, 0.1) is 44.9 Å². The van der Waals surface area contributed by atoms with Gasteiger partial charge in [-0.3, -0.25) is 28.7 Å². The molecule has 8 rings (SSSR count). The minimum atomic E-state index is -1.06. The topological polar surface area (TPSA) is 192 Å². The van der Waals surface area contributed by atoms with E-state index in [1.54, 1.807) is 40.9 Å². The van der Waals surface area contributed by atoms with Gasteiger partial charge in [-0.25, -0.2) is 4.98 Å². The maximum absolute atomic E-state index is 14.3. The Kier molecular flexibility index (Phi) is 12.6. The molecule has 3 amide bonds. The van der Waals surface area contributed by atoms with Crippen LogP contribution in [0.4, 0.5) is 0 Å².